The Balaban J connectivity index is 1.91. The number of hydrogen-bond acceptors (Lipinski definition) is 5. The Labute approximate surface area is 122 Å². The van der Waals surface area contributed by atoms with Gasteiger partial charge in [0, 0.05) is 25.6 Å². The summed E-state index contributed by atoms with van der Waals surface area (Å²) in [5.41, 5.74) is -0.00745. The minimum Gasteiger partial charge on any atom is -0.478 e. The van der Waals surface area contributed by atoms with Crippen molar-refractivity contribution in [3.63, 3.8) is 0 Å². The summed E-state index contributed by atoms with van der Waals surface area (Å²) in [6.45, 7) is 1.30. The molecule has 1 aromatic rings. The van der Waals surface area contributed by atoms with Crippen molar-refractivity contribution in [3.8, 4) is 0 Å². The number of carboxylic acid groups (broad SMARTS) is 1. The fourth-order valence-electron chi connectivity index (χ4n) is 1.57. The first-order valence-corrected chi connectivity index (χ1v) is 8.59. The van der Waals surface area contributed by atoms with Crippen LogP contribution in [-0.2, 0) is 14.8 Å². The van der Waals surface area contributed by atoms with Gasteiger partial charge in [-0.05, 0) is 24.8 Å². The molecular formula is C12H17NO5S2. The predicted molar refractivity (Wildman–Crippen MR) is 74.6 cm³/mol. The Morgan fingerprint density at radius 3 is 2.80 bits per heavy atom. The number of sulfonamides is 1. The number of likely N-dealkylation sites (N-methyl/N-ethyl adjacent to an activating group) is 1. The molecule has 0 amide bonds. The van der Waals surface area contributed by atoms with Gasteiger partial charge in [-0.1, -0.05) is 0 Å². The lowest BCUT2D eigenvalue weighted by molar-refractivity contribution is 0.0697. The zero-order valence-corrected chi connectivity index (χ0v) is 12.7. The predicted octanol–water partition coefficient (Wildman–Crippen LogP) is 1.49. The summed E-state index contributed by atoms with van der Waals surface area (Å²) in [6, 6.07) is 1.18. The van der Waals surface area contributed by atoms with E-state index in [4.69, 9.17) is 9.84 Å². The Bertz CT molecular complexity index is 576. The van der Waals surface area contributed by atoms with E-state index >= 15 is 0 Å². The lowest BCUT2D eigenvalue weighted by Gasteiger charge is -2.15. The van der Waals surface area contributed by atoms with Crippen LogP contribution in [0.25, 0.3) is 0 Å². The van der Waals surface area contributed by atoms with Gasteiger partial charge in [0.2, 0.25) is 0 Å². The molecule has 8 heteroatoms. The highest BCUT2D eigenvalue weighted by Crippen LogP contribution is 2.28. The van der Waals surface area contributed by atoms with Gasteiger partial charge in [-0.15, -0.1) is 11.3 Å². The van der Waals surface area contributed by atoms with Crippen LogP contribution in [0, 0.1) is 5.92 Å². The molecule has 0 saturated heterocycles. The number of ether oxygens (including phenoxy) is 1. The van der Waals surface area contributed by atoms with Crippen LogP contribution >= 0.6 is 11.3 Å². The normalized spacial score (nSPS) is 15.7. The number of carbonyl (C=O) groups is 1. The molecule has 0 unspecified atom stereocenters. The molecule has 6 nitrogen and oxygen atoms in total. The molecule has 0 atom stereocenters. The van der Waals surface area contributed by atoms with Crippen molar-refractivity contribution in [2.45, 2.75) is 17.1 Å². The summed E-state index contributed by atoms with van der Waals surface area (Å²) in [6.07, 6.45) is 2.39. The third-order valence-electron chi connectivity index (χ3n) is 3.09. The van der Waals surface area contributed by atoms with E-state index in [-0.39, 0.29) is 16.3 Å². The molecule has 1 aliphatic carbocycles. The Morgan fingerprint density at radius 1 is 1.55 bits per heavy atom. The maximum absolute atomic E-state index is 12.2. The molecule has 1 N–H and O–H groups in total. The molecule has 0 spiro atoms. The van der Waals surface area contributed by atoms with Gasteiger partial charge in [0.25, 0.3) is 10.0 Å². The Morgan fingerprint density at radius 2 is 2.25 bits per heavy atom. The van der Waals surface area contributed by atoms with E-state index in [1.807, 2.05) is 0 Å². The van der Waals surface area contributed by atoms with Gasteiger partial charge in [0.15, 0.2) is 0 Å². The fourth-order valence-corrected chi connectivity index (χ4v) is 4.08. The zero-order valence-electron chi connectivity index (χ0n) is 11.1. The quantitative estimate of drug-likeness (QED) is 0.734. The maximum atomic E-state index is 12.2. The molecular weight excluding hydrogens is 302 g/mol. The summed E-state index contributed by atoms with van der Waals surface area (Å²) < 4.78 is 31.0. The second kappa shape index (κ2) is 6.21. The molecule has 1 saturated carbocycles. The monoisotopic (exact) mass is 319 g/mol. The van der Waals surface area contributed by atoms with Crippen molar-refractivity contribution in [1.29, 1.82) is 0 Å². The van der Waals surface area contributed by atoms with Crippen LogP contribution in [0.3, 0.4) is 0 Å². The number of hydrogen-bond donors (Lipinski definition) is 1. The van der Waals surface area contributed by atoms with Crippen LogP contribution in [0.15, 0.2) is 15.7 Å². The van der Waals surface area contributed by atoms with E-state index in [0.29, 0.717) is 19.1 Å². The van der Waals surface area contributed by atoms with Crippen molar-refractivity contribution in [2.24, 2.45) is 5.92 Å². The van der Waals surface area contributed by atoms with Crippen LogP contribution < -0.4 is 0 Å². The largest absolute Gasteiger partial charge is 0.478 e. The smallest absolute Gasteiger partial charge is 0.336 e. The molecule has 1 heterocycles. The molecule has 0 bridgehead atoms. The molecule has 1 fully saturated rings. The number of rotatable bonds is 8. The minimum absolute atomic E-state index is 0.00745. The highest BCUT2D eigenvalue weighted by atomic mass is 32.2. The second-order valence-corrected chi connectivity index (χ2v) is 7.99. The number of nitrogens with zero attached hydrogens (tertiary/aromatic N) is 1. The van der Waals surface area contributed by atoms with E-state index in [1.165, 1.54) is 35.6 Å². The summed E-state index contributed by atoms with van der Waals surface area (Å²) in [7, 11) is -2.16. The topological polar surface area (TPSA) is 83.9 Å². The van der Waals surface area contributed by atoms with Gasteiger partial charge in [-0.3, -0.25) is 0 Å². The molecule has 0 aliphatic heterocycles. The molecule has 1 aliphatic rings. The maximum Gasteiger partial charge on any atom is 0.336 e. The number of aromatic carboxylic acids is 1. The van der Waals surface area contributed by atoms with E-state index in [1.54, 1.807) is 0 Å². The van der Waals surface area contributed by atoms with Gasteiger partial charge in [-0.25, -0.2) is 13.2 Å². The molecule has 112 valence electrons. The third-order valence-corrected chi connectivity index (χ3v) is 6.36. The Kier molecular flexibility index (Phi) is 4.79. The van der Waals surface area contributed by atoms with Crippen molar-refractivity contribution in [2.75, 3.05) is 26.8 Å². The zero-order chi connectivity index (χ0) is 14.8. The van der Waals surface area contributed by atoms with Crippen molar-refractivity contribution in [1.82, 2.24) is 4.31 Å². The minimum atomic E-state index is -3.63. The fraction of sp³-hybridized carbons (Fsp3) is 0.583. The summed E-state index contributed by atoms with van der Waals surface area (Å²) in [5.74, 6) is -0.481. The number of thiophene rings is 1. The van der Waals surface area contributed by atoms with E-state index in [2.05, 4.69) is 0 Å². The van der Waals surface area contributed by atoms with Gasteiger partial charge < -0.3 is 9.84 Å². The van der Waals surface area contributed by atoms with Gasteiger partial charge >= 0.3 is 5.97 Å². The van der Waals surface area contributed by atoms with E-state index < -0.39 is 16.0 Å². The number of carboxylic acids is 1. The van der Waals surface area contributed by atoms with E-state index in [9.17, 15) is 13.2 Å². The highest BCUT2D eigenvalue weighted by molar-refractivity contribution is 7.91. The first-order chi connectivity index (χ1) is 9.41. The van der Waals surface area contributed by atoms with Crippen LogP contribution in [0.2, 0.25) is 0 Å². The van der Waals surface area contributed by atoms with Crippen LogP contribution in [0.1, 0.15) is 23.2 Å². The third kappa shape index (κ3) is 3.78. The second-order valence-electron chi connectivity index (χ2n) is 4.80. The van der Waals surface area contributed by atoms with Crippen LogP contribution in [0.5, 0.6) is 0 Å². The first-order valence-electron chi connectivity index (χ1n) is 6.27. The Hall–Kier alpha value is -0.960. The van der Waals surface area contributed by atoms with Crippen LogP contribution in [0.4, 0.5) is 0 Å². The van der Waals surface area contributed by atoms with Crippen molar-refractivity contribution >= 4 is 27.3 Å². The molecule has 0 radical (unpaired) electrons. The van der Waals surface area contributed by atoms with Crippen molar-refractivity contribution in [3.05, 3.63) is 17.0 Å². The van der Waals surface area contributed by atoms with Crippen molar-refractivity contribution < 1.29 is 23.1 Å². The van der Waals surface area contributed by atoms with E-state index in [0.717, 1.165) is 11.3 Å². The lowest BCUT2D eigenvalue weighted by Crippen LogP contribution is -2.30. The lowest BCUT2D eigenvalue weighted by atomic mass is 10.4. The average Bonchev–Trinajstić information content (AvgIpc) is 3.06. The van der Waals surface area contributed by atoms with Gasteiger partial charge in [-0.2, -0.15) is 4.31 Å². The average molecular weight is 319 g/mol. The standard InChI is InChI=1S/C12H17NO5S2/c1-13(4-5-18-7-9-2-3-9)20(16,17)11-6-10(8-19-11)12(14)15/h6,8-9H,2-5,7H2,1H3,(H,14,15). The summed E-state index contributed by atoms with van der Waals surface area (Å²) in [5, 5.41) is 10.1. The highest BCUT2D eigenvalue weighted by Gasteiger charge is 2.24. The molecule has 1 aromatic heterocycles. The van der Waals surface area contributed by atoms with Crippen LogP contribution in [-0.4, -0.2) is 50.6 Å². The van der Waals surface area contributed by atoms with Gasteiger partial charge in [0.05, 0.1) is 12.2 Å². The SMILES string of the molecule is CN(CCOCC1CC1)S(=O)(=O)c1cc(C(=O)O)cs1. The summed E-state index contributed by atoms with van der Waals surface area (Å²) >= 11 is 0.916. The molecule has 2 rings (SSSR count). The molecule has 20 heavy (non-hydrogen) atoms. The summed E-state index contributed by atoms with van der Waals surface area (Å²) in [4.78, 5) is 10.8. The molecule has 0 aromatic carbocycles. The first kappa shape index (κ1) is 15.4. The van der Waals surface area contributed by atoms with Gasteiger partial charge in [0.1, 0.15) is 4.21 Å².